The molecule has 0 aromatic carbocycles. The van der Waals surface area contributed by atoms with Crippen molar-refractivity contribution in [2.75, 3.05) is 23.4 Å². The van der Waals surface area contributed by atoms with Gasteiger partial charge in [0.15, 0.2) is 17.0 Å². The summed E-state index contributed by atoms with van der Waals surface area (Å²) < 4.78 is 3.10. The predicted molar refractivity (Wildman–Crippen MR) is 68.5 cm³/mol. The molecule has 0 aliphatic carbocycles. The van der Waals surface area contributed by atoms with Crippen LogP contribution in [0.2, 0.25) is 0 Å². The standard InChI is InChI=1S/C9H12IN5/c1-14(2)8-7-9(12-5-11-8)15(4-3-10)6-13-7/h5-6H,3-4H2,1-2H3. The maximum absolute atomic E-state index is 4.35. The average molecular weight is 317 g/mol. The summed E-state index contributed by atoms with van der Waals surface area (Å²) in [5.41, 5.74) is 1.78. The van der Waals surface area contributed by atoms with Gasteiger partial charge in [0, 0.05) is 25.1 Å². The van der Waals surface area contributed by atoms with Gasteiger partial charge in [-0.3, -0.25) is 0 Å². The van der Waals surface area contributed by atoms with Gasteiger partial charge in [-0.25, -0.2) is 15.0 Å². The lowest BCUT2D eigenvalue weighted by atomic mass is 10.4. The van der Waals surface area contributed by atoms with Crippen molar-refractivity contribution in [3.05, 3.63) is 12.7 Å². The second-order valence-electron chi connectivity index (χ2n) is 3.39. The normalized spacial score (nSPS) is 10.9. The topological polar surface area (TPSA) is 46.8 Å². The van der Waals surface area contributed by atoms with Crippen molar-refractivity contribution in [3.63, 3.8) is 0 Å². The van der Waals surface area contributed by atoms with Gasteiger partial charge in [0.1, 0.15) is 6.33 Å². The molecule has 2 heterocycles. The Balaban J connectivity index is 2.58. The van der Waals surface area contributed by atoms with Crippen molar-refractivity contribution in [1.82, 2.24) is 19.5 Å². The minimum Gasteiger partial charge on any atom is -0.361 e. The summed E-state index contributed by atoms with van der Waals surface area (Å²) in [6.07, 6.45) is 3.41. The summed E-state index contributed by atoms with van der Waals surface area (Å²) in [6, 6.07) is 0. The fourth-order valence-electron chi connectivity index (χ4n) is 1.45. The molecule has 0 N–H and O–H groups in total. The van der Waals surface area contributed by atoms with Crippen LogP contribution in [-0.2, 0) is 6.54 Å². The largest absolute Gasteiger partial charge is 0.361 e. The molecule has 5 nitrogen and oxygen atoms in total. The summed E-state index contributed by atoms with van der Waals surface area (Å²) in [5.74, 6) is 0.868. The number of aryl methyl sites for hydroxylation is 1. The zero-order valence-electron chi connectivity index (χ0n) is 8.68. The molecule has 0 saturated heterocycles. The number of alkyl halides is 1. The van der Waals surface area contributed by atoms with Crippen LogP contribution in [0.5, 0.6) is 0 Å². The Morgan fingerprint density at radius 2 is 2.13 bits per heavy atom. The summed E-state index contributed by atoms with van der Waals surface area (Å²) in [6.45, 7) is 0.931. The van der Waals surface area contributed by atoms with Crippen LogP contribution < -0.4 is 4.90 Å². The van der Waals surface area contributed by atoms with Gasteiger partial charge < -0.3 is 9.47 Å². The molecule has 0 bridgehead atoms. The Bertz CT molecular complexity index is 464. The molecule has 0 amide bonds. The third-order valence-corrected chi connectivity index (χ3v) is 2.61. The van der Waals surface area contributed by atoms with Crippen LogP contribution in [0.4, 0.5) is 5.82 Å². The molecule has 0 saturated carbocycles. The van der Waals surface area contributed by atoms with Crippen LogP contribution in [0.3, 0.4) is 0 Å². The number of hydrogen-bond donors (Lipinski definition) is 0. The average Bonchev–Trinajstić information content (AvgIpc) is 2.62. The fraction of sp³-hybridized carbons (Fsp3) is 0.444. The highest BCUT2D eigenvalue weighted by Crippen LogP contribution is 2.19. The molecule has 0 spiro atoms. The van der Waals surface area contributed by atoms with E-state index in [1.54, 1.807) is 6.33 Å². The maximum atomic E-state index is 4.35. The van der Waals surface area contributed by atoms with Gasteiger partial charge in [0.25, 0.3) is 0 Å². The maximum Gasteiger partial charge on any atom is 0.165 e. The first-order chi connectivity index (χ1) is 7.24. The molecule has 0 unspecified atom stereocenters. The van der Waals surface area contributed by atoms with Gasteiger partial charge in [-0.2, -0.15) is 0 Å². The third-order valence-electron chi connectivity index (χ3n) is 2.13. The van der Waals surface area contributed by atoms with E-state index in [4.69, 9.17) is 0 Å². The number of rotatable bonds is 3. The van der Waals surface area contributed by atoms with E-state index in [0.29, 0.717) is 0 Å². The van der Waals surface area contributed by atoms with Crippen LogP contribution in [0.15, 0.2) is 12.7 Å². The van der Waals surface area contributed by atoms with Gasteiger partial charge in [-0.05, 0) is 0 Å². The first kappa shape index (κ1) is 10.6. The quantitative estimate of drug-likeness (QED) is 0.633. The van der Waals surface area contributed by atoms with Crippen LogP contribution >= 0.6 is 22.6 Å². The molecule has 0 fully saturated rings. The Morgan fingerprint density at radius 1 is 1.33 bits per heavy atom. The highest BCUT2D eigenvalue weighted by Gasteiger charge is 2.10. The molecule has 2 aromatic heterocycles. The Hall–Kier alpha value is -0.920. The smallest absolute Gasteiger partial charge is 0.165 e. The monoisotopic (exact) mass is 317 g/mol. The number of hydrogen-bond acceptors (Lipinski definition) is 4. The molecular weight excluding hydrogens is 305 g/mol. The van der Waals surface area contributed by atoms with Gasteiger partial charge in [-0.1, -0.05) is 22.6 Å². The molecule has 0 aliphatic heterocycles. The molecule has 2 aromatic rings. The van der Waals surface area contributed by atoms with Crippen molar-refractivity contribution in [2.24, 2.45) is 0 Å². The van der Waals surface area contributed by atoms with Gasteiger partial charge in [0.05, 0.1) is 6.33 Å². The van der Waals surface area contributed by atoms with Crippen LogP contribution in [0.25, 0.3) is 11.2 Å². The zero-order chi connectivity index (χ0) is 10.8. The number of imidazole rings is 1. The number of halogens is 1. The first-order valence-electron chi connectivity index (χ1n) is 4.63. The van der Waals surface area contributed by atoms with Gasteiger partial charge in [0.2, 0.25) is 0 Å². The third kappa shape index (κ3) is 1.90. The molecule has 0 aliphatic rings. The van der Waals surface area contributed by atoms with Crippen LogP contribution in [0.1, 0.15) is 0 Å². The number of nitrogens with zero attached hydrogens (tertiary/aromatic N) is 5. The van der Waals surface area contributed by atoms with Crippen molar-refractivity contribution in [1.29, 1.82) is 0 Å². The molecule has 80 valence electrons. The van der Waals surface area contributed by atoms with Crippen molar-refractivity contribution in [3.8, 4) is 0 Å². The first-order valence-corrected chi connectivity index (χ1v) is 6.15. The van der Waals surface area contributed by atoms with E-state index in [0.717, 1.165) is 28.0 Å². The van der Waals surface area contributed by atoms with E-state index in [-0.39, 0.29) is 0 Å². The second kappa shape index (κ2) is 4.30. The number of aromatic nitrogens is 4. The fourth-order valence-corrected chi connectivity index (χ4v) is 1.97. The summed E-state index contributed by atoms with van der Waals surface area (Å²) >= 11 is 2.34. The molecule has 0 atom stereocenters. The SMILES string of the molecule is CN(C)c1ncnc2c1ncn2CCI. The highest BCUT2D eigenvalue weighted by molar-refractivity contribution is 14.1. The highest BCUT2D eigenvalue weighted by atomic mass is 127. The number of fused-ring (bicyclic) bond motifs is 1. The van der Waals surface area contributed by atoms with E-state index in [1.807, 2.05) is 25.3 Å². The van der Waals surface area contributed by atoms with E-state index in [9.17, 15) is 0 Å². The minimum atomic E-state index is 0.868. The van der Waals surface area contributed by atoms with E-state index in [1.165, 1.54) is 0 Å². The zero-order valence-corrected chi connectivity index (χ0v) is 10.8. The van der Waals surface area contributed by atoms with Gasteiger partial charge in [-0.15, -0.1) is 0 Å². The van der Waals surface area contributed by atoms with Crippen molar-refractivity contribution in [2.45, 2.75) is 6.54 Å². The Kier molecular flexibility index (Phi) is 3.03. The predicted octanol–water partition coefficient (Wildman–Crippen LogP) is 1.33. The second-order valence-corrected chi connectivity index (χ2v) is 4.47. The molecule has 0 radical (unpaired) electrons. The summed E-state index contributed by atoms with van der Waals surface area (Å²) in [5, 5.41) is 0. The molecule has 2 rings (SSSR count). The summed E-state index contributed by atoms with van der Waals surface area (Å²) in [4.78, 5) is 14.8. The molecular formula is C9H12IN5. The molecule has 15 heavy (non-hydrogen) atoms. The lowest BCUT2D eigenvalue weighted by Crippen LogP contribution is -2.11. The van der Waals surface area contributed by atoms with Crippen molar-refractivity contribution < 1.29 is 0 Å². The van der Waals surface area contributed by atoms with E-state index >= 15 is 0 Å². The minimum absolute atomic E-state index is 0.868. The van der Waals surface area contributed by atoms with Gasteiger partial charge >= 0.3 is 0 Å². The Morgan fingerprint density at radius 3 is 2.80 bits per heavy atom. The van der Waals surface area contributed by atoms with Crippen LogP contribution in [-0.4, -0.2) is 38.0 Å². The van der Waals surface area contributed by atoms with E-state index < -0.39 is 0 Å². The Labute approximate surface area is 102 Å². The lowest BCUT2D eigenvalue weighted by molar-refractivity contribution is 0.794. The lowest BCUT2D eigenvalue weighted by Gasteiger charge is -2.10. The number of anilines is 1. The van der Waals surface area contributed by atoms with Crippen molar-refractivity contribution >= 4 is 39.6 Å². The van der Waals surface area contributed by atoms with Crippen LogP contribution in [0, 0.1) is 0 Å². The van der Waals surface area contributed by atoms with E-state index in [2.05, 4.69) is 42.1 Å². The summed E-state index contributed by atoms with van der Waals surface area (Å²) in [7, 11) is 3.91. The molecule has 6 heteroatoms.